The van der Waals surface area contributed by atoms with Gasteiger partial charge in [0.1, 0.15) is 12.4 Å². The van der Waals surface area contributed by atoms with Crippen molar-refractivity contribution in [2.45, 2.75) is 19.3 Å². The van der Waals surface area contributed by atoms with Crippen molar-refractivity contribution in [3.05, 3.63) is 47.5 Å². The van der Waals surface area contributed by atoms with E-state index in [0.29, 0.717) is 35.1 Å². The van der Waals surface area contributed by atoms with Crippen LogP contribution in [0.5, 0.6) is 5.75 Å². The molecule has 0 bridgehead atoms. The smallest absolute Gasteiger partial charge is 0.256 e. The predicted molar refractivity (Wildman–Crippen MR) is 80.7 cm³/mol. The van der Waals surface area contributed by atoms with E-state index in [-0.39, 0.29) is 45.0 Å². The Labute approximate surface area is 164 Å². The molecule has 1 radical (unpaired) electrons. The van der Waals surface area contributed by atoms with Gasteiger partial charge in [0.15, 0.2) is 0 Å². The first-order chi connectivity index (χ1) is 10.5. The van der Waals surface area contributed by atoms with Crippen molar-refractivity contribution in [2.75, 3.05) is 13.2 Å². The molecule has 0 aromatic heterocycles. The van der Waals surface area contributed by atoms with Crippen molar-refractivity contribution >= 4 is 23.2 Å². The third-order valence-electron chi connectivity index (χ3n) is 3.09. The maximum Gasteiger partial charge on any atom is 0.256 e. The zero-order valence-corrected chi connectivity index (χ0v) is 16.0. The van der Waals surface area contributed by atoms with Gasteiger partial charge in [0, 0.05) is 39.1 Å². The molecule has 0 fully saturated rings. The van der Waals surface area contributed by atoms with Crippen molar-refractivity contribution in [1.82, 2.24) is 4.90 Å². The molecule has 0 saturated carbocycles. The van der Waals surface area contributed by atoms with E-state index >= 15 is 0 Å². The molecule has 1 aromatic rings. The molecule has 23 heavy (non-hydrogen) atoms. The average Bonchev–Trinajstić information content (AvgIpc) is 2.47. The summed E-state index contributed by atoms with van der Waals surface area (Å²) in [7, 11) is 0. The number of amides is 1. The number of hydrogen-bond acceptors (Lipinski definition) is 2. The Morgan fingerprint density at radius 2 is 2.22 bits per heavy atom. The van der Waals surface area contributed by atoms with Crippen molar-refractivity contribution in [2.24, 2.45) is 0 Å². The first kappa shape index (κ1) is 20.3. The number of allylic oxidation sites excluding steroid dienone is 1. The summed E-state index contributed by atoms with van der Waals surface area (Å²) in [5.41, 5.74) is 0.790. The van der Waals surface area contributed by atoms with Crippen LogP contribution in [-0.4, -0.2) is 30.4 Å². The van der Waals surface area contributed by atoms with Crippen molar-refractivity contribution in [1.29, 1.82) is 0 Å². The molecule has 0 atom stereocenters. The SMILES string of the molecule is C=CCOc1ccc(C2=[C-]CCC(=O)N2CC(F)F)c(Cl)c1.[Y]. The van der Waals surface area contributed by atoms with Gasteiger partial charge >= 0.3 is 0 Å². The summed E-state index contributed by atoms with van der Waals surface area (Å²) in [4.78, 5) is 12.9. The van der Waals surface area contributed by atoms with E-state index in [2.05, 4.69) is 12.7 Å². The standard InChI is InChI=1S/C16H15ClF2NO2.Y/c1-2-8-22-11-6-7-12(13(17)9-11)14-4-3-5-16(21)20(14)10-15(18)19;/h2,6-7,9,15H,1,3,5,8,10H2;/q-1;. The second-order valence-electron chi connectivity index (χ2n) is 4.66. The summed E-state index contributed by atoms with van der Waals surface area (Å²) in [6, 6.07) is 4.88. The summed E-state index contributed by atoms with van der Waals surface area (Å²) >= 11 is 6.20. The minimum atomic E-state index is -2.62. The quantitative estimate of drug-likeness (QED) is 0.520. The van der Waals surface area contributed by atoms with Crippen molar-refractivity contribution in [3.8, 4) is 5.75 Å². The van der Waals surface area contributed by atoms with Gasteiger partial charge in [-0.05, 0) is 17.2 Å². The average molecular weight is 416 g/mol. The summed E-state index contributed by atoms with van der Waals surface area (Å²) in [5, 5.41) is 0.318. The minimum Gasteiger partial charge on any atom is -0.490 e. The van der Waals surface area contributed by atoms with Crippen LogP contribution in [0.2, 0.25) is 5.02 Å². The van der Waals surface area contributed by atoms with Crippen LogP contribution in [0.4, 0.5) is 8.78 Å². The van der Waals surface area contributed by atoms with Crippen LogP contribution in [-0.2, 0) is 37.5 Å². The van der Waals surface area contributed by atoms with E-state index in [9.17, 15) is 13.6 Å². The summed E-state index contributed by atoms with van der Waals surface area (Å²) in [5.74, 6) is 0.189. The van der Waals surface area contributed by atoms with Crippen LogP contribution in [0.15, 0.2) is 30.9 Å². The normalized spacial score (nSPS) is 14.3. The van der Waals surface area contributed by atoms with E-state index in [4.69, 9.17) is 16.3 Å². The van der Waals surface area contributed by atoms with E-state index < -0.39 is 13.0 Å². The predicted octanol–water partition coefficient (Wildman–Crippen LogP) is 3.93. The van der Waals surface area contributed by atoms with Crippen molar-refractivity contribution < 1.29 is 51.0 Å². The topological polar surface area (TPSA) is 29.5 Å². The molecular weight excluding hydrogens is 401 g/mol. The van der Waals surface area contributed by atoms with Gasteiger partial charge in [0.2, 0.25) is 5.91 Å². The number of carbonyl (C=O) groups is 1. The molecule has 0 unspecified atom stereocenters. The third-order valence-corrected chi connectivity index (χ3v) is 3.40. The summed E-state index contributed by atoms with van der Waals surface area (Å²) in [6.45, 7) is 3.22. The molecule has 0 aliphatic carbocycles. The second-order valence-corrected chi connectivity index (χ2v) is 5.07. The van der Waals surface area contributed by atoms with Gasteiger partial charge in [0.25, 0.3) is 6.43 Å². The Morgan fingerprint density at radius 1 is 1.48 bits per heavy atom. The molecule has 0 spiro atoms. The van der Waals surface area contributed by atoms with Crippen LogP contribution in [0.1, 0.15) is 18.4 Å². The van der Waals surface area contributed by atoms with E-state index in [1.807, 2.05) is 0 Å². The van der Waals surface area contributed by atoms with E-state index in [0.717, 1.165) is 4.90 Å². The third kappa shape index (κ3) is 5.37. The molecule has 3 nitrogen and oxygen atoms in total. The van der Waals surface area contributed by atoms with E-state index in [1.165, 1.54) is 0 Å². The monoisotopic (exact) mass is 415 g/mol. The van der Waals surface area contributed by atoms with Crippen LogP contribution < -0.4 is 4.74 Å². The van der Waals surface area contributed by atoms with Gasteiger partial charge in [-0.15, -0.1) is 35.3 Å². The van der Waals surface area contributed by atoms with Gasteiger partial charge in [0.05, 0.1) is 6.54 Å². The Balaban J connectivity index is 0.00000264. The maximum atomic E-state index is 12.7. The fraction of sp³-hybridized carbons (Fsp3) is 0.312. The molecule has 1 amide bonds. The van der Waals surface area contributed by atoms with Gasteiger partial charge in [-0.2, -0.15) is 0 Å². The molecule has 1 heterocycles. The number of alkyl halides is 2. The molecule has 1 aromatic carbocycles. The number of benzene rings is 1. The molecule has 0 saturated heterocycles. The summed E-state index contributed by atoms with van der Waals surface area (Å²) in [6.07, 6.45) is 2.52. The van der Waals surface area contributed by atoms with Gasteiger partial charge in [-0.25, -0.2) is 14.9 Å². The molecule has 0 N–H and O–H groups in total. The van der Waals surface area contributed by atoms with Gasteiger partial charge in [-0.1, -0.05) is 12.7 Å². The van der Waals surface area contributed by atoms with Crippen molar-refractivity contribution in [3.63, 3.8) is 0 Å². The molecule has 1 aliphatic heterocycles. The molecule has 121 valence electrons. The first-order valence-corrected chi connectivity index (χ1v) is 7.13. The van der Waals surface area contributed by atoms with Gasteiger partial charge in [-0.3, -0.25) is 4.79 Å². The number of carbonyl (C=O) groups excluding carboxylic acids is 1. The van der Waals surface area contributed by atoms with E-state index in [1.54, 1.807) is 24.3 Å². The fourth-order valence-electron chi connectivity index (χ4n) is 2.15. The van der Waals surface area contributed by atoms with Crippen LogP contribution in [0.3, 0.4) is 0 Å². The number of rotatable bonds is 6. The number of ether oxygens (including phenoxy) is 1. The Kier molecular flexibility index (Phi) is 8.37. The minimum absolute atomic E-state index is 0. The van der Waals surface area contributed by atoms with Gasteiger partial charge < -0.3 is 9.64 Å². The largest absolute Gasteiger partial charge is 0.490 e. The number of nitrogens with zero attached hydrogens (tertiary/aromatic N) is 1. The molecule has 2 rings (SSSR count). The Morgan fingerprint density at radius 3 is 2.83 bits per heavy atom. The Hall–Kier alpha value is -0.776. The molecule has 7 heteroatoms. The zero-order valence-electron chi connectivity index (χ0n) is 12.4. The molecule has 1 aliphatic rings. The molecular formula is C16H15ClF2NO2Y-. The first-order valence-electron chi connectivity index (χ1n) is 6.76. The summed E-state index contributed by atoms with van der Waals surface area (Å²) < 4.78 is 30.7. The fourth-order valence-corrected chi connectivity index (χ4v) is 2.41. The van der Waals surface area contributed by atoms with Crippen LogP contribution in [0, 0.1) is 6.08 Å². The zero-order chi connectivity index (χ0) is 16.1. The maximum absolute atomic E-state index is 12.7. The van der Waals surface area contributed by atoms with Crippen LogP contribution in [0.25, 0.3) is 5.70 Å². The number of hydrogen-bond donors (Lipinski definition) is 0. The Bertz CT molecular complexity index is 608. The second kappa shape index (κ2) is 9.50. The van der Waals surface area contributed by atoms with Crippen LogP contribution >= 0.6 is 11.6 Å². The number of halogens is 3.